The van der Waals surface area contributed by atoms with Gasteiger partial charge in [-0.15, -0.1) is 0 Å². The summed E-state index contributed by atoms with van der Waals surface area (Å²) in [5.41, 5.74) is 6.11. The van der Waals surface area contributed by atoms with Crippen molar-refractivity contribution in [2.75, 3.05) is 18.9 Å². The van der Waals surface area contributed by atoms with Crippen LogP contribution in [0, 0.1) is 0 Å². The fourth-order valence-electron chi connectivity index (χ4n) is 1.65. The van der Waals surface area contributed by atoms with Gasteiger partial charge < -0.3 is 15.2 Å². The highest BCUT2D eigenvalue weighted by Gasteiger charge is 2.15. The maximum atomic E-state index is 11.9. The maximum Gasteiger partial charge on any atom is 0.339 e. The lowest BCUT2D eigenvalue weighted by Gasteiger charge is -2.09. The zero-order valence-electron chi connectivity index (χ0n) is 11.0. The predicted molar refractivity (Wildman–Crippen MR) is 83.1 cm³/mol. The van der Waals surface area contributed by atoms with Gasteiger partial charge in [-0.1, -0.05) is 41.4 Å². The van der Waals surface area contributed by atoms with Crippen molar-refractivity contribution in [2.45, 2.75) is 0 Å². The number of halogens is 2. The van der Waals surface area contributed by atoms with Crippen LogP contribution in [0.2, 0.25) is 10.0 Å². The number of nitrogens with two attached hydrogens (primary N) is 1. The standard InChI is InChI=1S/C15H13Cl2NO3/c16-13-9-10(18)8-12(14(13)17)15(19)21-7-6-20-11-4-2-1-3-5-11/h1-5,8-9H,6-7,18H2. The van der Waals surface area contributed by atoms with Gasteiger partial charge in [-0.05, 0) is 24.3 Å². The number of carbonyl (C=O) groups excluding carboxylic acids is 1. The smallest absolute Gasteiger partial charge is 0.339 e. The van der Waals surface area contributed by atoms with E-state index in [2.05, 4.69) is 0 Å². The molecule has 0 spiro atoms. The van der Waals surface area contributed by atoms with Gasteiger partial charge in [-0.2, -0.15) is 0 Å². The second kappa shape index (κ2) is 7.20. The lowest BCUT2D eigenvalue weighted by atomic mass is 10.2. The third kappa shape index (κ3) is 4.28. The Morgan fingerprint density at radius 2 is 1.81 bits per heavy atom. The van der Waals surface area contributed by atoms with Crippen LogP contribution in [0.3, 0.4) is 0 Å². The number of carbonyl (C=O) groups is 1. The lowest BCUT2D eigenvalue weighted by Crippen LogP contribution is -2.13. The van der Waals surface area contributed by atoms with E-state index in [0.717, 1.165) is 0 Å². The lowest BCUT2D eigenvalue weighted by molar-refractivity contribution is 0.0450. The predicted octanol–water partition coefficient (Wildman–Crippen LogP) is 3.81. The molecule has 21 heavy (non-hydrogen) atoms. The first-order valence-electron chi connectivity index (χ1n) is 6.17. The molecule has 0 fully saturated rings. The van der Waals surface area contributed by atoms with Crippen molar-refractivity contribution >= 4 is 34.9 Å². The van der Waals surface area contributed by atoms with Crippen molar-refractivity contribution in [3.8, 4) is 5.75 Å². The molecule has 0 saturated heterocycles. The molecule has 0 bridgehead atoms. The highest BCUT2D eigenvalue weighted by atomic mass is 35.5. The van der Waals surface area contributed by atoms with E-state index in [9.17, 15) is 4.79 Å². The number of rotatable bonds is 5. The minimum Gasteiger partial charge on any atom is -0.490 e. The number of benzene rings is 2. The summed E-state index contributed by atoms with van der Waals surface area (Å²) in [6.07, 6.45) is 0. The highest BCUT2D eigenvalue weighted by Crippen LogP contribution is 2.29. The maximum absolute atomic E-state index is 11.9. The van der Waals surface area contributed by atoms with E-state index in [1.54, 1.807) is 0 Å². The summed E-state index contributed by atoms with van der Waals surface area (Å²) in [7, 11) is 0. The number of ether oxygens (including phenoxy) is 2. The van der Waals surface area contributed by atoms with Gasteiger partial charge in [0.25, 0.3) is 0 Å². The normalized spacial score (nSPS) is 10.2. The Morgan fingerprint density at radius 3 is 2.52 bits per heavy atom. The van der Waals surface area contributed by atoms with Crippen molar-refractivity contribution in [3.05, 3.63) is 58.1 Å². The molecule has 0 aliphatic carbocycles. The first-order valence-corrected chi connectivity index (χ1v) is 6.93. The molecule has 2 aromatic rings. The van der Waals surface area contributed by atoms with Crippen LogP contribution in [0.25, 0.3) is 0 Å². The summed E-state index contributed by atoms with van der Waals surface area (Å²) in [5, 5.41) is 0.337. The fourth-order valence-corrected chi connectivity index (χ4v) is 2.06. The Hall–Kier alpha value is -1.91. The van der Waals surface area contributed by atoms with Crippen molar-refractivity contribution < 1.29 is 14.3 Å². The topological polar surface area (TPSA) is 61.6 Å². The summed E-state index contributed by atoms with van der Waals surface area (Å²) in [4.78, 5) is 11.9. The molecule has 0 aromatic heterocycles. The summed E-state index contributed by atoms with van der Waals surface area (Å²) < 4.78 is 10.5. The van der Waals surface area contributed by atoms with Crippen LogP contribution in [0.1, 0.15) is 10.4 Å². The number of hydrogen-bond donors (Lipinski definition) is 1. The van der Waals surface area contributed by atoms with E-state index < -0.39 is 5.97 Å². The monoisotopic (exact) mass is 325 g/mol. The molecule has 4 nitrogen and oxygen atoms in total. The molecule has 110 valence electrons. The van der Waals surface area contributed by atoms with Crippen molar-refractivity contribution in [1.29, 1.82) is 0 Å². The second-order valence-corrected chi connectivity index (χ2v) is 4.95. The fraction of sp³-hybridized carbons (Fsp3) is 0.133. The molecular weight excluding hydrogens is 313 g/mol. The van der Waals surface area contributed by atoms with Gasteiger partial charge in [-0.3, -0.25) is 0 Å². The summed E-state index contributed by atoms with van der Waals surface area (Å²) in [6.45, 7) is 0.333. The molecule has 0 aliphatic rings. The first kappa shape index (κ1) is 15.5. The Morgan fingerprint density at radius 1 is 1.10 bits per heavy atom. The van der Waals surface area contributed by atoms with Crippen molar-refractivity contribution in [3.63, 3.8) is 0 Å². The van der Waals surface area contributed by atoms with E-state index in [-0.39, 0.29) is 28.8 Å². The average molecular weight is 326 g/mol. The molecule has 2 rings (SSSR count). The largest absolute Gasteiger partial charge is 0.490 e. The van der Waals surface area contributed by atoms with E-state index in [4.69, 9.17) is 38.4 Å². The number of nitrogen functional groups attached to an aromatic ring is 1. The van der Waals surface area contributed by atoms with Crippen LogP contribution in [0.15, 0.2) is 42.5 Å². The molecule has 0 amide bonds. The first-order chi connectivity index (χ1) is 10.1. The zero-order chi connectivity index (χ0) is 15.2. The third-order valence-corrected chi connectivity index (χ3v) is 3.40. The Labute approximate surface area is 132 Å². The van der Waals surface area contributed by atoms with E-state index in [1.807, 2.05) is 30.3 Å². The Balaban J connectivity index is 1.88. The van der Waals surface area contributed by atoms with Crippen LogP contribution in [0.5, 0.6) is 5.75 Å². The second-order valence-electron chi connectivity index (χ2n) is 4.16. The van der Waals surface area contributed by atoms with Crippen LogP contribution in [-0.4, -0.2) is 19.2 Å². The van der Waals surface area contributed by atoms with E-state index in [0.29, 0.717) is 11.4 Å². The minimum atomic E-state index is -0.592. The molecular formula is C15H13Cl2NO3. The minimum absolute atomic E-state index is 0.0937. The van der Waals surface area contributed by atoms with E-state index in [1.165, 1.54) is 12.1 Å². The number of anilines is 1. The van der Waals surface area contributed by atoms with Crippen LogP contribution >= 0.6 is 23.2 Å². The van der Waals surface area contributed by atoms with Crippen LogP contribution in [0.4, 0.5) is 5.69 Å². The molecule has 0 heterocycles. The number of hydrogen-bond acceptors (Lipinski definition) is 4. The van der Waals surface area contributed by atoms with E-state index >= 15 is 0 Å². The molecule has 2 aromatic carbocycles. The van der Waals surface area contributed by atoms with Crippen LogP contribution < -0.4 is 10.5 Å². The molecule has 0 radical (unpaired) electrons. The van der Waals surface area contributed by atoms with Gasteiger partial charge >= 0.3 is 5.97 Å². The Kier molecular flexibility index (Phi) is 5.31. The van der Waals surface area contributed by atoms with Crippen LogP contribution in [-0.2, 0) is 4.74 Å². The third-order valence-electron chi connectivity index (χ3n) is 2.60. The molecule has 0 unspecified atom stereocenters. The van der Waals surface area contributed by atoms with Gasteiger partial charge in [-0.25, -0.2) is 4.79 Å². The van der Waals surface area contributed by atoms with Gasteiger partial charge in [0, 0.05) is 5.69 Å². The average Bonchev–Trinajstić information content (AvgIpc) is 2.48. The SMILES string of the molecule is Nc1cc(Cl)c(Cl)c(C(=O)OCCOc2ccccc2)c1. The zero-order valence-corrected chi connectivity index (χ0v) is 12.5. The van der Waals surface area contributed by atoms with Crippen molar-refractivity contribution in [1.82, 2.24) is 0 Å². The quantitative estimate of drug-likeness (QED) is 0.516. The number of para-hydroxylation sites is 1. The molecule has 0 aliphatic heterocycles. The van der Waals surface area contributed by atoms with Gasteiger partial charge in [0.2, 0.25) is 0 Å². The van der Waals surface area contributed by atoms with Crippen molar-refractivity contribution in [2.24, 2.45) is 0 Å². The summed E-state index contributed by atoms with van der Waals surface area (Å²) >= 11 is 11.8. The number of esters is 1. The summed E-state index contributed by atoms with van der Waals surface area (Å²) in [5.74, 6) is 0.115. The van der Waals surface area contributed by atoms with Gasteiger partial charge in [0.15, 0.2) is 0 Å². The molecule has 0 atom stereocenters. The van der Waals surface area contributed by atoms with Gasteiger partial charge in [0.1, 0.15) is 19.0 Å². The Bertz CT molecular complexity index is 632. The molecule has 0 saturated carbocycles. The molecule has 6 heteroatoms. The summed E-state index contributed by atoms with van der Waals surface area (Å²) in [6, 6.07) is 12.1. The highest BCUT2D eigenvalue weighted by molar-refractivity contribution is 6.44. The molecule has 2 N–H and O–H groups in total. The van der Waals surface area contributed by atoms with Gasteiger partial charge in [0.05, 0.1) is 15.6 Å².